The molecule has 68 heavy (non-hydrogen) atoms. The van der Waals surface area contributed by atoms with Crippen molar-refractivity contribution in [2.45, 2.75) is 270 Å². The van der Waals surface area contributed by atoms with E-state index in [9.17, 15) is 4.79 Å². The maximum absolute atomic E-state index is 13.6. The second-order valence-electron chi connectivity index (χ2n) is 21.7. The van der Waals surface area contributed by atoms with Crippen molar-refractivity contribution < 1.29 is 23.9 Å². The molecule has 0 radical (unpaired) electrons. The molecule has 1 fully saturated rings. The number of rotatable bonds is 44. The molecule has 0 unspecified atom stereocenters. The lowest BCUT2D eigenvalue weighted by Crippen LogP contribution is -2.49. The Kier molecular flexibility index (Phi) is 59.4. The Labute approximate surface area is 428 Å². The van der Waals surface area contributed by atoms with Crippen molar-refractivity contribution in [2.24, 2.45) is 22.7 Å². The van der Waals surface area contributed by atoms with Gasteiger partial charge in [0.2, 0.25) is 5.91 Å². The zero-order valence-corrected chi connectivity index (χ0v) is 45.4. The molecule has 0 bridgehead atoms. The van der Waals surface area contributed by atoms with Crippen LogP contribution < -0.4 is 0 Å². The normalized spacial score (nSPS) is 13.2. The summed E-state index contributed by atoms with van der Waals surface area (Å²) in [6.07, 6.45) is 39.4. The molecular weight excluding hydrogens is 843 g/mol. The highest BCUT2D eigenvalue weighted by molar-refractivity contribution is 5.78. The van der Waals surface area contributed by atoms with Gasteiger partial charge >= 0.3 is 0 Å². The molecule has 1 heterocycles. The van der Waals surface area contributed by atoms with Gasteiger partial charge in [-0.3, -0.25) is 9.69 Å². The molecule has 0 N–H and O–H groups in total. The van der Waals surface area contributed by atoms with E-state index < -0.39 is 0 Å². The quantitative estimate of drug-likeness (QED) is 0.0563. The number of piperazine rings is 1. The molecule has 0 aromatic heterocycles. The number of carbonyl (C=O) groups excluding carboxylic acids is 3. The molecule has 1 amide bonds. The van der Waals surface area contributed by atoms with Gasteiger partial charge in [0.25, 0.3) is 0 Å². The van der Waals surface area contributed by atoms with Gasteiger partial charge in [-0.25, -0.2) is 0 Å². The average Bonchev–Trinajstić information content (AvgIpc) is 3.29. The Morgan fingerprint density at radius 3 is 1.15 bits per heavy atom. The van der Waals surface area contributed by atoms with Gasteiger partial charge in [-0.2, -0.15) is 0 Å². The first-order valence-electron chi connectivity index (χ1n) is 27.9. The van der Waals surface area contributed by atoms with E-state index in [0.717, 1.165) is 90.4 Å². The number of unbranched alkanes of at least 4 members (excludes halogenated alkanes) is 14. The van der Waals surface area contributed by atoms with E-state index in [-0.39, 0.29) is 33.1 Å². The van der Waals surface area contributed by atoms with E-state index in [1.54, 1.807) is 0 Å². The predicted octanol–water partition coefficient (Wildman–Crippen LogP) is 16.7. The summed E-state index contributed by atoms with van der Waals surface area (Å²) in [5, 5.41) is 0. The number of likely N-dealkylation sites (N-methyl/N-ethyl adjacent to an activating group) is 1. The van der Waals surface area contributed by atoms with Crippen molar-refractivity contribution in [3.63, 3.8) is 0 Å². The van der Waals surface area contributed by atoms with Crippen LogP contribution in [0.2, 0.25) is 0 Å². The summed E-state index contributed by atoms with van der Waals surface area (Å²) in [5.74, 6) is 2.15. The van der Waals surface area contributed by atoms with Gasteiger partial charge in [-0.1, -0.05) is 219 Å². The fourth-order valence-electron chi connectivity index (χ4n) is 9.57. The van der Waals surface area contributed by atoms with Gasteiger partial charge in [0.15, 0.2) is 0 Å². The molecule has 1 aliphatic heterocycles. The van der Waals surface area contributed by atoms with Crippen LogP contribution >= 0.6 is 0 Å². The number of carbonyl (C=O) groups is 3. The lowest BCUT2D eigenvalue weighted by Gasteiger charge is -2.33. The number of hydrogen-bond donors (Lipinski definition) is 0. The molecule has 1 rings (SSSR count). The maximum atomic E-state index is 13.6. The van der Waals surface area contributed by atoms with Crippen LogP contribution in [0.15, 0.2) is 0 Å². The Hall–Kier alpha value is -1.35. The summed E-state index contributed by atoms with van der Waals surface area (Å²) in [4.78, 5) is 36.6. The van der Waals surface area contributed by atoms with Crippen molar-refractivity contribution in [1.82, 2.24) is 14.7 Å². The molecule has 0 spiro atoms. The summed E-state index contributed by atoms with van der Waals surface area (Å²) in [5.41, 5.74) is 0.470. The molecule has 0 saturated carbocycles. The second-order valence-corrected chi connectivity index (χ2v) is 21.7. The highest BCUT2D eigenvalue weighted by atomic mass is 16.5. The Morgan fingerprint density at radius 1 is 0.485 bits per heavy atom. The molecule has 0 atom stereocenters. The molecule has 0 aliphatic carbocycles. The van der Waals surface area contributed by atoms with Crippen molar-refractivity contribution in [1.29, 1.82) is 0 Å². The van der Waals surface area contributed by atoms with E-state index in [4.69, 9.17) is 19.1 Å². The van der Waals surface area contributed by atoms with Crippen LogP contribution in [0.3, 0.4) is 0 Å². The molecule has 1 saturated heterocycles. The summed E-state index contributed by atoms with van der Waals surface area (Å²) in [6.45, 7) is 33.0. The zero-order valence-electron chi connectivity index (χ0n) is 45.4. The van der Waals surface area contributed by atoms with Crippen LogP contribution in [0, 0.1) is 22.7 Å². The predicted molar refractivity (Wildman–Crippen MR) is 302 cm³/mol. The average molecular weight is 971 g/mol. The molecular formula is C60H127N3O5. The standard InChI is InChI=1S/C55H111N3O3.2CH2O.3CH4/c1-10-14-22-32-51(33-23-15-11-2)36-30-46-60-49-54(5,6)38-26-18-20-28-40-58(53(59)48-57-44-42-56(9)43-45-57)41-29-21-19-27-39-55(7,8)50-61-47-31-37-52(34-24-16-12-3)35-25-17-13-4;2*1-2;;;/h51-52H,10-50H2,1-9H3;2*1H2;3*1H4. The van der Waals surface area contributed by atoms with Crippen molar-refractivity contribution >= 4 is 19.5 Å². The number of amides is 1. The van der Waals surface area contributed by atoms with E-state index in [1.165, 1.54) is 180 Å². The largest absolute Gasteiger partial charge is 0.381 e. The Balaban J connectivity index is -0.00000184. The first kappa shape index (κ1) is 75.6. The Bertz CT molecular complexity index is 924. The van der Waals surface area contributed by atoms with Gasteiger partial charge in [-0.05, 0) is 81.1 Å². The Morgan fingerprint density at radius 2 is 0.809 bits per heavy atom. The SMILES string of the molecule is C.C.C.C=O.C=O.CCCCCC(CCCCC)CCCOCC(C)(C)CCCCCCN(CCCCCCC(C)(C)COCCCC(CCCCC)CCCCC)C(=O)CN1CCN(C)CC1. The first-order chi connectivity index (χ1) is 31.4. The minimum Gasteiger partial charge on any atom is -0.381 e. The monoisotopic (exact) mass is 970 g/mol. The molecule has 1 aliphatic rings. The molecule has 8 nitrogen and oxygen atoms in total. The van der Waals surface area contributed by atoms with E-state index in [2.05, 4.69) is 77.1 Å². The smallest absolute Gasteiger partial charge is 0.236 e. The maximum Gasteiger partial charge on any atom is 0.236 e. The van der Waals surface area contributed by atoms with Gasteiger partial charge < -0.3 is 28.9 Å². The molecule has 8 heteroatoms. The fourth-order valence-corrected chi connectivity index (χ4v) is 9.57. The third kappa shape index (κ3) is 47.0. The third-order valence-electron chi connectivity index (χ3n) is 14.0. The van der Waals surface area contributed by atoms with Crippen LogP contribution in [-0.2, 0) is 23.9 Å². The minimum atomic E-state index is 0. The number of hydrogen-bond acceptors (Lipinski definition) is 7. The molecule has 0 aromatic rings. The van der Waals surface area contributed by atoms with Crippen LogP contribution in [0.1, 0.15) is 270 Å². The summed E-state index contributed by atoms with van der Waals surface area (Å²) in [6, 6.07) is 0. The zero-order chi connectivity index (χ0) is 48.9. The van der Waals surface area contributed by atoms with Crippen LogP contribution in [0.25, 0.3) is 0 Å². The van der Waals surface area contributed by atoms with Gasteiger partial charge in [-0.15, -0.1) is 0 Å². The first-order valence-corrected chi connectivity index (χ1v) is 27.9. The molecule has 412 valence electrons. The highest BCUT2D eigenvalue weighted by Crippen LogP contribution is 2.28. The molecule has 0 aromatic carbocycles. The summed E-state index contributed by atoms with van der Waals surface area (Å²) in [7, 11) is 2.19. The summed E-state index contributed by atoms with van der Waals surface area (Å²) >= 11 is 0. The second kappa shape index (κ2) is 53.4. The minimum absolute atomic E-state index is 0. The third-order valence-corrected chi connectivity index (χ3v) is 14.0. The van der Waals surface area contributed by atoms with Gasteiger partial charge in [0.05, 0.1) is 19.8 Å². The van der Waals surface area contributed by atoms with Gasteiger partial charge in [0, 0.05) is 52.5 Å². The number of nitrogens with zero attached hydrogens (tertiary/aromatic N) is 3. The van der Waals surface area contributed by atoms with Crippen molar-refractivity contribution in [2.75, 3.05) is 79.3 Å². The topological polar surface area (TPSA) is 79.4 Å². The van der Waals surface area contributed by atoms with Crippen LogP contribution in [0.4, 0.5) is 0 Å². The van der Waals surface area contributed by atoms with E-state index in [1.807, 2.05) is 13.6 Å². The summed E-state index contributed by atoms with van der Waals surface area (Å²) < 4.78 is 12.6. The fraction of sp³-hybridized carbons (Fsp3) is 0.950. The lowest BCUT2D eigenvalue weighted by atomic mass is 9.87. The van der Waals surface area contributed by atoms with E-state index in [0.29, 0.717) is 12.5 Å². The van der Waals surface area contributed by atoms with Crippen molar-refractivity contribution in [3.05, 3.63) is 0 Å². The van der Waals surface area contributed by atoms with Gasteiger partial charge in [0.1, 0.15) is 13.6 Å². The number of ether oxygens (including phenoxy) is 2. The van der Waals surface area contributed by atoms with Crippen molar-refractivity contribution in [3.8, 4) is 0 Å². The lowest BCUT2D eigenvalue weighted by molar-refractivity contribution is -0.133. The van der Waals surface area contributed by atoms with Crippen LogP contribution in [-0.4, -0.2) is 113 Å². The van der Waals surface area contributed by atoms with E-state index >= 15 is 0 Å². The van der Waals surface area contributed by atoms with Crippen LogP contribution in [0.5, 0.6) is 0 Å². The highest BCUT2D eigenvalue weighted by Gasteiger charge is 2.22.